The zero-order valence-electron chi connectivity index (χ0n) is 14.4. The Morgan fingerprint density at radius 1 is 1.08 bits per heavy atom. The van der Waals surface area contributed by atoms with E-state index in [-0.39, 0.29) is 11.3 Å². The van der Waals surface area contributed by atoms with Gasteiger partial charge in [-0.05, 0) is 47.7 Å². The second-order valence-corrected chi connectivity index (χ2v) is 7.18. The van der Waals surface area contributed by atoms with Gasteiger partial charge in [0.15, 0.2) is 0 Å². The molecule has 4 rings (SSSR count). The normalized spacial score (nSPS) is 14.8. The molecule has 0 atom stereocenters. The molecule has 132 valence electrons. The highest BCUT2D eigenvalue weighted by molar-refractivity contribution is 6.30. The van der Waals surface area contributed by atoms with Gasteiger partial charge in [0.25, 0.3) is 0 Å². The van der Waals surface area contributed by atoms with Crippen molar-refractivity contribution in [2.75, 3.05) is 0 Å². The van der Waals surface area contributed by atoms with Gasteiger partial charge in [0.1, 0.15) is 0 Å². The van der Waals surface area contributed by atoms with Crippen LogP contribution in [0.25, 0.3) is 0 Å². The van der Waals surface area contributed by atoms with E-state index in [0.717, 1.165) is 29.5 Å². The fraction of sp³-hybridized carbons (Fsp3) is 0.238. The number of aromatic nitrogens is 2. The number of halogens is 1. The topological polar surface area (TPSA) is 46.9 Å². The number of hydrogen-bond donors (Lipinski definition) is 1. The summed E-state index contributed by atoms with van der Waals surface area (Å²) in [5, 5.41) is 8.09. The highest BCUT2D eigenvalue weighted by Gasteiger charge is 2.51. The third kappa shape index (κ3) is 3.37. The first-order valence-electron chi connectivity index (χ1n) is 8.76. The quantitative estimate of drug-likeness (QED) is 0.719. The smallest absolute Gasteiger partial charge is 0.230 e. The minimum atomic E-state index is -0.387. The Morgan fingerprint density at radius 2 is 1.81 bits per heavy atom. The van der Waals surface area contributed by atoms with Gasteiger partial charge < -0.3 is 5.32 Å². The van der Waals surface area contributed by atoms with E-state index < -0.39 is 0 Å². The Morgan fingerprint density at radius 3 is 2.46 bits per heavy atom. The van der Waals surface area contributed by atoms with E-state index >= 15 is 0 Å². The van der Waals surface area contributed by atoms with Crippen LogP contribution in [0.1, 0.15) is 29.5 Å². The Hall–Kier alpha value is -2.59. The van der Waals surface area contributed by atoms with E-state index in [2.05, 4.69) is 22.5 Å². The monoisotopic (exact) mass is 365 g/mol. The maximum Gasteiger partial charge on any atom is 0.230 e. The van der Waals surface area contributed by atoms with Gasteiger partial charge in [0, 0.05) is 24.0 Å². The number of benzene rings is 2. The number of rotatable bonds is 6. The van der Waals surface area contributed by atoms with Crippen LogP contribution in [0.5, 0.6) is 0 Å². The van der Waals surface area contributed by atoms with Crippen LogP contribution in [0, 0.1) is 0 Å². The molecule has 1 heterocycles. The molecule has 1 aromatic heterocycles. The highest BCUT2D eigenvalue weighted by atomic mass is 35.5. The largest absolute Gasteiger partial charge is 0.351 e. The molecule has 1 N–H and O–H groups in total. The minimum absolute atomic E-state index is 0.0914. The standard InChI is InChI=1S/C21H20ClN3O/c22-19-8-6-18(7-9-19)21(10-11-21)20(26)23-14-16-4-1-2-5-17(16)15-25-13-3-12-24-25/h1-9,12-13H,10-11,14-15H2,(H,23,26). The van der Waals surface area contributed by atoms with Crippen LogP contribution in [0.3, 0.4) is 0 Å². The maximum atomic E-state index is 12.9. The zero-order valence-corrected chi connectivity index (χ0v) is 15.1. The molecular weight excluding hydrogens is 346 g/mol. The lowest BCUT2D eigenvalue weighted by atomic mass is 9.95. The molecule has 26 heavy (non-hydrogen) atoms. The van der Waals surface area contributed by atoms with E-state index in [0.29, 0.717) is 18.1 Å². The summed E-state index contributed by atoms with van der Waals surface area (Å²) in [6.07, 6.45) is 5.48. The molecule has 0 spiro atoms. The van der Waals surface area contributed by atoms with Gasteiger partial charge in [-0.3, -0.25) is 9.48 Å². The first-order chi connectivity index (χ1) is 12.7. The minimum Gasteiger partial charge on any atom is -0.351 e. The van der Waals surface area contributed by atoms with Crippen LogP contribution in [0.2, 0.25) is 5.02 Å². The second kappa shape index (κ2) is 6.96. The highest BCUT2D eigenvalue weighted by Crippen LogP contribution is 2.48. The van der Waals surface area contributed by atoms with Crippen LogP contribution < -0.4 is 5.32 Å². The molecule has 1 aliphatic carbocycles. The van der Waals surface area contributed by atoms with Crippen molar-refractivity contribution in [3.63, 3.8) is 0 Å². The van der Waals surface area contributed by atoms with Crippen LogP contribution in [0.4, 0.5) is 0 Å². The lowest BCUT2D eigenvalue weighted by molar-refractivity contribution is -0.123. The maximum absolute atomic E-state index is 12.9. The van der Waals surface area contributed by atoms with Crippen LogP contribution in [0.15, 0.2) is 67.0 Å². The van der Waals surface area contributed by atoms with Gasteiger partial charge in [-0.1, -0.05) is 48.0 Å². The predicted molar refractivity (Wildman–Crippen MR) is 102 cm³/mol. The number of carbonyl (C=O) groups excluding carboxylic acids is 1. The number of nitrogens with one attached hydrogen (secondary N) is 1. The summed E-state index contributed by atoms with van der Waals surface area (Å²) in [4.78, 5) is 12.9. The molecule has 5 heteroatoms. The van der Waals surface area contributed by atoms with Gasteiger partial charge in [-0.15, -0.1) is 0 Å². The lowest BCUT2D eigenvalue weighted by Crippen LogP contribution is -2.34. The van der Waals surface area contributed by atoms with E-state index in [4.69, 9.17) is 11.6 Å². The number of nitrogens with zero attached hydrogens (tertiary/aromatic N) is 2. The number of hydrogen-bond acceptors (Lipinski definition) is 2. The van der Waals surface area contributed by atoms with E-state index in [1.165, 1.54) is 0 Å². The average Bonchev–Trinajstić information content (AvgIpc) is 3.31. The molecule has 0 bridgehead atoms. The molecule has 0 radical (unpaired) electrons. The Kier molecular flexibility index (Phi) is 4.51. The first-order valence-corrected chi connectivity index (χ1v) is 9.14. The van der Waals surface area contributed by atoms with Crippen molar-refractivity contribution >= 4 is 17.5 Å². The molecule has 2 aromatic carbocycles. The number of carbonyl (C=O) groups is 1. The lowest BCUT2D eigenvalue weighted by Gasteiger charge is -2.17. The molecule has 3 aromatic rings. The van der Waals surface area contributed by atoms with Crippen LogP contribution >= 0.6 is 11.6 Å². The fourth-order valence-electron chi connectivity index (χ4n) is 3.34. The van der Waals surface area contributed by atoms with Gasteiger partial charge in [0.2, 0.25) is 5.91 Å². The Balaban J connectivity index is 1.46. The average molecular weight is 366 g/mol. The first kappa shape index (κ1) is 16.9. The van der Waals surface area contributed by atoms with Crippen LogP contribution in [-0.4, -0.2) is 15.7 Å². The summed E-state index contributed by atoms with van der Waals surface area (Å²) < 4.78 is 1.89. The molecule has 1 amide bonds. The van der Waals surface area contributed by atoms with E-state index in [9.17, 15) is 4.79 Å². The fourth-order valence-corrected chi connectivity index (χ4v) is 3.46. The van der Waals surface area contributed by atoms with Gasteiger partial charge in [-0.2, -0.15) is 5.10 Å². The van der Waals surface area contributed by atoms with Crippen molar-refractivity contribution in [3.05, 3.63) is 88.7 Å². The summed E-state index contributed by atoms with van der Waals surface area (Å²) in [6.45, 7) is 1.22. The second-order valence-electron chi connectivity index (χ2n) is 6.74. The summed E-state index contributed by atoms with van der Waals surface area (Å²) in [5.74, 6) is 0.0914. The van der Waals surface area contributed by atoms with E-state index in [1.54, 1.807) is 6.20 Å². The zero-order chi connectivity index (χ0) is 18.0. The predicted octanol–water partition coefficient (Wildman–Crippen LogP) is 3.93. The van der Waals surface area contributed by atoms with Crippen molar-refractivity contribution in [3.8, 4) is 0 Å². The SMILES string of the molecule is O=C(NCc1ccccc1Cn1cccn1)C1(c2ccc(Cl)cc2)CC1. The molecule has 4 nitrogen and oxygen atoms in total. The Bertz CT molecular complexity index is 899. The van der Waals surface area contributed by atoms with Crippen molar-refractivity contribution < 1.29 is 4.79 Å². The van der Waals surface area contributed by atoms with Crippen molar-refractivity contribution in [2.45, 2.75) is 31.3 Å². The summed E-state index contributed by atoms with van der Waals surface area (Å²) in [6, 6.07) is 17.7. The molecule has 1 fully saturated rings. The molecule has 0 aliphatic heterocycles. The molecule has 1 saturated carbocycles. The molecule has 0 unspecified atom stereocenters. The molecule has 1 aliphatic rings. The van der Waals surface area contributed by atoms with Gasteiger partial charge in [0.05, 0.1) is 12.0 Å². The summed E-state index contributed by atoms with van der Waals surface area (Å²) >= 11 is 5.97. The molecular formula is C21H20ClN3O. The van der Waals surface area contributed by atoms with E-state index in [1.807, 2.05) is 53.3 Å². The number of amides is 1. The van der Waals surface area contributed by atoms with Crippen molar-refractivity contribution in [2.24, 2.45) is 0 Å². The summed E-state index contributed by atoms with van der Waals surface area (Å²) in [5.41, 5.74) is 2.93. The van der Waals surface area contributed by atoms with Gasteiger partial charge >= 0.3 is 0 Å². The Labute approximate surface area is 157 Å². The van der Waals surface area contributed by atoms with Gasteiger partial charge in [-0.25, -0.2) is 0 Å². The molecule has 0 saturated heterocycles. The van der Waals surface area contributed by atoms with Crippen molar-refractivity contribution in [1.29, 1.82) is 0 Å². The van der Waals surface area contributed by atoms with Crippen LogP contribution in [-0.2, 0) is 23.3 Å². The third-order valence-electron chi connectivity index (χ3n) is 5.03. The van der Waals surface area contributed by atoms with Crippen molar-refractivity contribution in [1.82, 2.24) is 15.1 Å². The summed E-state index contributed by atoms with van der Waals surface area (Å²) in [7, 11) is 0. The third-order valence-corrected chi connectivity index (χ3v) is 5.28.